The molecular weight excluding hydrogens is 459 g/mol. The number of halogens is 3. The first-order chi connectivity index (χ1) is 15.5. The molecule has 0 radical (unpaired) electrons. The summed E-state index contributed by atoms with van der Waals surface area (Å²) >= 11 is 0. The normalized spacial score (nSPS) is 24.0. The Balaban J connectivity index is 1.63. The van der Waals surface area contributed by atoms with Gasteiger partial charge in [0.1, 0.15) is 0 Å². The smallest absolute Gasteiger partial charge is 0.384 e. The van der Waals surface area contributed by atoms with Crippen molar-refractivity contribution in [1.82, 2.24) is 13.9 Å². The molecule has 2 aliphatic heterocycles. The number of nitriles is 1. The van der Waals surface area contributed by atoms with Gasteiger partial charge in [-0.15, -0.1) is 0 Å². The van der Waals surface area contributed by atoms with Crippen molar-refractivity contribution in [3.63, 3.8) is 0 Å². The number of nitrogens with zero attached hydrogens (tertiary/aromatic N) is 5. The van der Waals surface area contributed by atoms with Crippen LogP contribution in [0.3, 0.4) is 0 Å². The summed E-state index contributed by atoms with van der Waals surface area (Å²) in [5.74, 6) is -0.144. The minimum atomic E-state index is -4.65. The van der Waals surface area contributed by atoms with Crippen molar-refractivity contribution in [3.05, 3.63) is 41.9 Å². The molecule has 2 aromatic rings. The molecule has 8 nitrogen and oxygen atoms in total. The summed E-state index contributed by atoms with van der Waals surface area (Å²) in [6.45, 7) is 1.68. The quantitative estimate of drug-likeness (QED) is 0.649. The van der Waals surface area contributed by atoms with E-state index in [9.17, 15) is 21.6 Å². The van der Waals surface area contributed by atoms with Crippen molar-refractivity contribution in [1.29, 1.82) is 5.26 Å². The van der Waals surface area contributed by atoms with Crippen LogP contribution in [0.2, 0.25) is 0 Å². The predicted octanol–water partition coefficient (Wildman–Crippen LogP) is 2.47. The number of ether oxygens (including phenoxy) is 1. The van der Waals surface area contributed by atoms with Crippen LogP contribution in [0.5, 0.6) is 0 Å². The third-order valence-electron chi connectivity index (χ3n) is 6.61. The molecule has 2 aliphatic rings. The van der Waals surface area contributed by atoms with E-state index in [0.717, 1.165) is 6.07 Å². The maximum absolute atomic E-state index is 13.5. The molecule has 1 aromatic carbocycles. The molecule has 0 aliphatic carbocycles. The highest BCUT2D eigenvalue weighted by Crippen LogP contribution is 2.46. The van der Waals surface area contributed by atoms with Gasteiger partial charge >= 0.3 is 6.18 Å². The second kappa shape index (κ2) is 8.30. The SMILES string of the molecule is COCC12CCN(S(=O)(=O)c3cn(C)cn3)CC1CN(c1ccc(C#N)c(C(F)(F)F)c1)C2. The highest BCUT2D eigenvalue weighted by Gasteiger charge is 2.52. The Morgan fingerprint density at radius 3 is 2.70 bits per heavy atom. The van der Waals surface area contributed by atoms with Gasteiger partial charge in [-0.25, -0.2) is 13.4 Å². The summed E-state index contributed by atoms with van der Waals surface area (Å²) in [6, 6.07) is 5.29. The first-order valence-electron chi connectivity index (χ1n) is 10.3. The van der Waals surface area contributed by atoms with Gasteiger partial charge in [0.15, 0.2) is 5.03 Å². The second-order valence-corrected chi connectivity index (χ2v) is 10.6. The number of alkyl halides is 3. The Kier molecular flexibility index (Phi) is 5.92. The fourth-order valence-electron chi connectivity index (χ4n) is 4.91. The van der Waals surface area contributed by atoms with E-state index in [-0.39, 0.29) is 24.0 Å². The fourth-order valence-corrected chi connectivity index (χ4v) is 6.36. The standard InChI is InChI=1S/C21H24F3N5O3S/c1-27-11-19(26-14-27)33(30,31)29-6-5-20(13-32-2)12-28(9-16(20)10-29)17-4-3-15(8-25)18(7-17)21(22,23)24/h3-4,7,11,14,16H,5-6,9-10,12-13H2,1-2H3. The number of sulfonamides is 1. The van der Waals surface area contributed by atoms with Crippen LogP contribution in [-0.2, 0) is 28.0 Å². The average molecular weight is 484 g/mol. The van der Waals surface area contributed by atoms with E-state index < -0.39 is 32.7 Å². The van der Waals surface area contributed by atoms with E-state index in [1.165, 1.54) is 29.0 Å². The van der Waals surface area contributed by atoms with E-state index >= 15 is 0 Å². The van der Waals surface area contributed by atoms with Gasteiger partial charge in [0.25, 0.3) is 10.0 Å². The highest BCUT2D eigenvalue weighted by molar-refractivity contribution is 7.89. The second-order valence-electron chi connectivity index (χ2n) is 8.70. The number of fused-ring (bicyclic) bond motifs is 1. The van der Waals surface area contributed by atoms with Gasteiger partial charge in [0.05, 0.1) is 30.1 Å². The van der Waals surface area contributed by atoms with Crippen molar-refractivity contribution < 1.29 is 26.3 Å². The number of hydrogen-bond acceptors (Lipinski definition) is 6. The minimum Gasteiger partial charge on any atom is -0.384 e. The Morgan fingerprint density at radius 2 is 2.09 bits per heavy atom. The zero-order valence-electron chi connectivity index (χ0n) is 18.2. The van der Waals surface area contributed by atoms with E-state index in [2.05, 4.69) is 4.98 Å². The molecule has 0 N–H and O–H groups in total. The Bertz CT molecular complexity index is 1190. The number of piperidine rings is 1. The number of imidazole rings is 1. The first kappa shape index (κ1) is 23.5. The number of hydrogen-bond donors (Lipinski definition) is 0. The molecule has 178 valence electrons. The van der Waals surface area contributed by atoms with Crippen molar-refractivity contribution in [2.24, 2.45) is 18.4 Å². The lowest BCUT2D eigenvalue weighted by Gasteiger charge is -2.42. The number of aromatic nitrogens is 2. The van der Waals surface area contributed by atoms with Gasteiger partial charge in [0, 0.05) is 57.6 Å². The summed E-state index contributed by atoms with van der Waals surface area (Å²) in [4.78, 5) is 5.81. The number of methoxy groups -OCH3 is 1. The molecular formula is C21H24F3N5O3S. The molecule has 0 spiro atoms. The van der Waals surface area contributed by atoms with Crippen LogP contribution in [0, 0.1) is 22.7 Å². The lowest BCUT2D eigenvalue weighted by atomic mass is 9.74. The van der Waals surface area contributed by atoms with E-state index in [0.29, 0.717) is 31.8 Å². The van der Waals surface area contributed by atoms with Gasteiger partial charge in [-0.3, -0.25) is 0 Å². The van der Waals surface area contributed by atoms with Crippen molar-refractivity contribution in [2.45, 2.75) is 17.6 Å². The van der Waals surface area contributed by atoms with Gasteiger partial charge in [-0.05, 0) is 30.5 Å². The summed E-state index contributed by atoms with van der Waals surface area (Å²) in [5.41, 5.74) is -1.44. The minimum absolute atomic E-state index is 0.0268. The third-order valence-corrected chi connectivity index (χ3v) is 8.36. The molecule has 2 unspecified atom stereocenters. The number of benzene rings is 1. The topological polar surface area (TPSA) is 91.5 Å². The molecule has 0 bridgehead atoms. The fraction of sp³-hybridized carbons (Fsp3) is 0.524. The lowest BCUT2D eigenvalue weighted by molar-refractivity contribution is -0.137. The van der Waals surface area contributed by atoms with E-state index in [1.807, 2.05) is 4.90 Å². The Hall–Kier alpha value is -2.62. The van der Waals surface area contributed by atoms with Crippen LogP contribution >= 0.6 is 0 Å². The molecule has 2 atom stereocenters. The average Bonchev–Trinajstić information content (AvgIpc) is 3.36. The van der Waals surface area contributed by atoms with Crippen LogP contribution in [0.4, 0.5) is 18.9 Å². The third kappa shape index (κ3) is 4.20. The van der Waals surface area contributed by atoms with Crippen molar-refractivity contribution in [2.75, 3.05) is 44.8 Å². The summed E-state index contributed by atoms with van der Waals surface area (Å²) in [5, 5.41) is 9.04. The molecule has 33 heavy (non-hydrogen) atoms. The van der Waals surface area contributed by atoms with Crippen LogP contribution in [0.25, 0.3) is 0 Å². The van der Waals surface area contributed by atoms with Crippen LogP contribution in [-0.4, -0.2) is 62.2 Å². The first-order valence-corrected chi connectivity index (χ1v) is 11.8. The molecule has 12 heteroatoms. The summed E-state index contributed by atoms with van der Waals surface area (Å²) < 4.78 is 75.0. The zero-order valence-corrected chi connectivity index (χ0v) is 19.0. The van der Waals surface area contributed by atoms with Gasteiger partial charge in [0.2, 0.25) is 0 Å². The van der Waals surface area contributed by atoms with Gasteiger partial charge < -0.3 is 14.2 Å². The van der Waals surface area contributed by atoms with Crippen LogP contribution < -0.4 is 4.90 Å². The Labute approximate surface area is 190 Å². The molecule has 1 aromatic heterocycles. The maximum atomic E-state index is 13.5. The number of anilines is 1. The maximum Gasteiger partial charge on any atom is 0.417 e. The lowest BCUT2D eigenvalue weighted by Crippen LogP contribution is -2.50. The zero-order chi connectivity index (χ0) is 24.0. The van der Waals surface area contributed by atoms with Crippen LogP contribution in [0.1, 0.15) is 17.5 Å². The molecule has 0 amide bonds. The molecule has 3 heterocycles. The molecule has 2 fully saturated rings. The monoisotopic (exact) mass is 483 g/mol. The largest absolute Gasteiger partial charge is 0.417 e. The highest BCUT2D eigenvalue weighted by atomic mass is 32.2. The molecule has 2 saturated heterocycles. The molecule has 0 saturated carbocycles. The summed E-state index contributed by atoms with van der Waals surface area (Å²) in [7, 11) is -0.529. The number of rotatable bonds is 5. The summed E-state index contributed by atoms with van der Waals surface area (Å²) in [6.07, 6.45) is -1.27. The van der Waals surface area contributed by atoms with E-state index in [4.69, 9.17) is 10.00 Å². The number of aryl methyl sites for hydroxylation is 1. The van der Waals surface area contributed by atoms with Crippen LogP contribution in [0.15, 0.2) is 35.7 Å². The van der Waals surface area contributed by atoms with Crippen molar-refractivity contribution >= 4 is 15.7 Å². The Morgan fingerprint density at radius 1 is 1.33 bits per heavy atom. The van der Waals surface area contributed by atoms with E-state index in [1.54, 1.807) is 24.8 Å². The predicted molar refractivity (Wildman–Crippen MR) is 113 cm³/mol. The van der Waals surface area contributed by atoms with Gasteiger partial charge in [-0.2, -0.15) is 22.7 Å². The molecule has 4 rings (SSSR count). The van der Waals surface area contributed by atoms with Crippen molar-refractivity contribution in [3.8, 4) is 6.07 Å². The van der Waals surface area contributed by atoms with Gasteiger partial charge in [-0.1, -0.05) is 0 Å².